The maximum absolute atomic E-state index is 4.30. The van der Waals surface area contributed by atoms with Crippen molar-refractivity contribution in [3.63, 3.8) is 0 Å². The average molecular weight is 261 g/mol. The van der Waals surface area contributed by atoms with E-state index in [1.807, 2.05) is 12.4 Å². The molecular weight excluding hydrogens is 234 g/mol. The minimum atomic E-state index is 0.505. The molecule has 0 aromatic carbocycles. The maximum atomic E-state index is 4.30. The summed E-state index contributed by atoms with van der Waals surface area (Å²) in [5, 5.41) is 3.50. The highest BCUT2D eigenvalue weighted by molar-refractivity contribution is 5.53. The van der Waals surface area contributed by atoms with Crippen molar-refractivity contribution in [1.82, 2.24) is 10.3 Å². The van der Waals surface area contributed by atoms with E-state index in [-0.39, 0.29) is 0 Å². The molecule has 0 aliphatic carbocycles. The topological polar surface area (TPSA) is 28.2 Å². The van der Waals surface area contributed by atoms with E-state index < -0.39 is 0 Å². The Hall–Kier alpha value is -1.09. The van der Waals surface area contributed by atoms with Crippen LogP contribution in [0.5, 0.6) is 0 Å². The highest BCUT2D eigenvalue weighted by Crippen LogP contribution is 2.30. The first-order valence-electron chi connectivity index (χ1n) is 7.52. The zero-order chi connectivity index (χ0) is 13.8. The van der Waals surface area contributed by atoms with Crippen LogP contribution in [-0.4, -0.2) is 23.6 Å². The molecule has 0 bridgehead atoms. The summed E-state index contributed by atoms with van der Waals surface area (Å²) in [6.45, 7) is 11.2. The Bertz CT molecular complexity index is 403. The van der Waals surface area contributed by atoms with Gasteiger partial charge in [0, 0.05) is 48.8 Å². The van der Waals surface area contributed by atoms with Gasteiger partial charge in [0.05, 0.1) is 0 Å². The van der Waals surface area contributed by atoms with Gasteiger partial charge in [0.15, 0.2) is 0 Å². The second kappa shape index (κ2) is 6.38. The summed E-state index contributed by atoms with van der Waals surface area (Å²) < 4.78 is 0. The van der Waals surface area contributed by atoms with Gasteiger partial charge in [-0.2, -0.15) is 0 Å². The van der Waals surface area contributed by atoms with Crippen molar-refractivity contribution in [3.05, 3.63) is 24.0 Å². The third kappa shape index (κ3) is 3.47. The molecule has 2 atom stereocenters. The SMILES string of the molecule is CC(C)NCc1cnccc1N1CCCC(C)C1C. The zero-order valence-corrected chi connectivity index (χ0v) is 12.7. The summed E-state index contributed by atoms with van der Waals surface area (Å²) in [7, 11) is 0. The first kappa shape index (κ1) is 14.3. The van der Waals surface area contributed by atoms with Crippen LogP contribution >= 0.6 is 0 Å². The minimum absolute atomic E-state index is 0.505. The van der Waals surface area contributed by atoms with Crippen LogP contribution < -0.4 is 10.2 Å². The second-order valence-corrected chi connectivity index (χ2v) is 6.09. The number of pyridine rings is 1. The van der Waals surface area contributed by atoms with Crippen LogP contribution in [0.1, 0.15) is 46.1 Å². The minimum Gasteiger partial charge on any atom is -0.368 e. The quantitative estimate of drug-likeness (QED) is 0.902. The molecule has 1 fully saturated rings. The van der Waals surface area contributed by atoms with E-state index in [2.05, 4.69) is 49.0 Å². The van der Waals surface area contributed by atoms with Gasteiger partial charge in [0.25, 0.3) is 0 Å². The van der Waals surface area contributed by atoms with Crippen LogP contribution in [0, 0.1) is 5.92 Å². The van der Waals surface area contributed by atoms with E-state index in [0.717, 1.165) is 12.5 Å². The number of piperidine rings is 1. The molecule has 0 spiro atoms. The molecule has 3 nitrogen and oxygen atoms in total. The summed E-state index contributed by atoms with van der Waals surface area (Å²) >= 11 is 0. The Morgan fingerprint density at radius 3 is 2.95 bits per heavy atom. The monoisotopic (exact) mass is 261 g/mol. The van der Waals surface area contributed by atoms with E-state index in [4.69, 9.17) is 0 Å². The first-order valence-corrected chi connectivity index (χ1v) is 7.52. The standard InChI is InChI=1S/C16H27N3/c1-12(2)18-11-15-10-17-8-7-16(15)19-9-5-6-13(3)14(19)4/h7-8,10,12-14,18H,5-6,9,11H2,1-4H3. The summed E-state index contributed by atoms with van der Waals surface area (Å²) in [5.41, 5.74) is 2.68. The van der Waals surface area contributed by atoms with Crippen LogP contribution in [-0.2, 0) is 6.54 Å². The molecule has 1 aliphatic rings. The molecule has 1 saturated heterocycles. The van der Waals surface area contributed by atoms with E-state index in [0.29, 0.717) is 12.1 Å². The van der Waals surface area contributed by atoms with Gasteiger partial charge in [-0.05, 0) is 31.7 Å². The lowest BCUT2D eigenvalue weighted by Crippen LogP contribution is -2.43. The van der Waals surface area contributed by atoms with Gasteiger partial charge in [0.2, 0.25) is 0 Å². The fraction of sp³-hybridized carbons (Fsp3) is 0.688. The van der Waals surface area contributed by atoms with Crippen LogP contribution in [0.2, 0.25) is 0 Å². The van der Waals surface area contributed by atoms with Crippen molar-refractivity contribution in [2.24, 2.45) is 5.92 Å². The lowest BCUT2D eigenvalue weighted by atomic mass is 9.91. The molecular formula is C16H27N3. The predicted octanol–water partition coefficient (Wildman–Crippen LogP) is 3.20. The lowest BCUT2D eigenvalue weighted by Gasteiger charge is -2.40. The van der Waals surface area contributed by atoms with Gasteiger partial charge in [-0.1, -0.05) is 20.8 Å². The molecule has 0 amide bonds. The summed E-state index contributed by atoms with van der Waals surface area (Å²) in [6, 6.07) is 3.30. The molecule has 1 aliphatic heterocycles. The molecule has 2 heterocycles. The van der Waals surface area contributed by atoms with Gasteiger partial charge in [-0.15, -0.1) is 0 Å². The molecule has 3 heteroatoms. The predicted molar refractivity (Wildman–Crippen MR) is 81.4 cm³/mol. The van der Waals surface area contributed by atoms with E-state index >= 15 is 0 Å². The van der Waals surface area contributed by atoms with Crippen molar-refractivity contribution in [2.75, 3.05) is 11.4 Å². The number of nitrogens with zero attached hydrogens (tertiary/aromatic N) is 2. The van der Waals surface area contributed by atoms with Gasteiger partial charge in [0.1, 0.15) is 0 Å². The average Bonchev–Trinajstić information content (AvgIpc) is 2.40. The molecule has 19 heavy (non-hydrogen) atoms. The number of hydrogen-bond acceptors (Lipinski definition) is 3. The lowest BCUT2D eigenvalue weighted by molar-refractivity contribution is 0.362. The van der Waals surface area contributed by atoms with Crippen molar-refractivity contribution in [3.8, 4) is 0 Å². The fourth-order valence-electron chi connectivity index (χ4n) is 2.83. The molecule has 106 valence electrons. The number of aromatic nitrogens is 1. The number of rotatable bonds is 4. The molecule has 2 rings (SSSR count). The Balaban J connectivity index is 2.18. The van der Waals surface area contributed by atoms with E-state index in [1.54, 1.807) is 0 Å². The Labute approximate surface area is 117 Å². The zero-order valence-electron chi connectivity index (χ0n) is 12.7. The van der Waals surface area contributed by atoms with E-state index in [1.165, 1.54) is 30.6 Å². The van der Waals surface area contributed by atoms with Crippen molar-refractivity contribution >= 4 is 5.69 Å². The highest BCUT2D eigenvalue weighted by atomic mass is 15.2. The molecule has 0 radical (unpaired) electrons. The van der Waals surface area contributed by atoms with Crippen molar-refractivity contribution in [2.45, 2.75) is 59.2 Å². The number of nitrogens with one attached hydrogen (secondary N) is 1. The van der Waals surface area contributed by atoms with Crippen LogP contribution in [0.15, 0.2) is 18.5 Å². The summed E-state index contributed by atoms with van der Waals surface area (Å²) in [4.78, 5) is 6.86. The van der Waals surface area contributed by atoms with Gasteiger partial charge >= 0.3 is 0 Å². The highest BCUT2D eigenvalue weighted by Gasteiger charge is 2.26. The van der Waals surface area contributed by atoms with Gasteiger partial charge in [-0.3, -0.25) is 4.98 Å². The second-order valence-electron chi connectivity index (χ2n) is 6.09. The Morgan fingerprint density at radius 1 is 1.42 bits per heavy atom. The molecule has 0 saturated carbocycles. The molecule has 2 unspecified atom stereocenters. The van der Waals surface area contributed by atoms with Gasteiger partial charge in [-0.25, -0.2) is 0 Å². The van der Waals surface area contributed by atoms with Crippen molar-refractivity contribution < 1.29 is 0 Å². The molecule has 1 aromatic heterocycles. The summed E-state index contributed by atoms with van der Waals surface area (Å²) in [5.74, 6) is 0.771. The Kier molecular flexibility index (Phi) is 4.81. The number of hydrogen-bond donors (Lipinski definition) is 1. The van der Waals surface area contributed by atoms with E-state index in [9.17, 15) is 0 Å². The largest absolute Gasteiger partial charge is 0.368 e. The van der Waals surface area contributed by atoms with Gasteiger partial charge < -0.3 is 10.2 Å². The Morgan fingerprint density at radius 2 is 2.21 bits per heavy atom. The normalized spacial score (nSPS) is 23.9. The molecule has 1 N–H and O–H groups in total. The first-order chi connectivity index (χ1) is 9.09. The van der Waals surface area contributed by atoms with Crippen molar-refractivity contribution in [1.29, 1.82) is 0 Å². The summed E-state index contributed by atoms with van der Waals surface area (Å²) in [6.07, 6.45) is 6.57. The molecule has 1 aromatic rings. The van der Waals surface area contributed by atoms with Crippen LogP contribution in [0.25, 0.3) is 0 Å². The number of anilines is 1. The van der Waals surface area contributed by atoms with Crippen LogP contribution in [0.3, 0.4) is 0 Å². The smallest absolute Gasteiger partial charge is 0.0445 e. The maximum Gasteiger partial charge on any atom is 0.0445 e. The third-order valence-electron chi connectivity index (χ3n) is 4.26. The third-order valence-corrected chi connectivity index (χ3v) is 4.26. The van der Waals surface area contributed by atoms with Crippen LogP contribution in [0.4, 0.5) is 5.69 Å². The fourth-order valence-corrected chi connectivity index (χ4v) is 2.83.